The van der Waals surface area contributed by atoms with Gasteiger partial charge in [-0.25, -0.2) is 4.39 Å². The molecule has 0 spiro atoms. The summed E-state index contributed by atoms with van der Waals surface area (Å²) in [5.74, 6) is -2.25. The van der Waals surface area contributed by atoms with Crippen LogP contribution >= 0.6 is 0 Å². The minimum absolute atomic E-state index is 0.130. The molecular weight excluding hydrogens is 383 g/mol. The second-order valence-electron chi connectivity index (χ2n) is 7.23. The summed E-state index contributed by atoms with van der Waals surface area (Å²) in [6.45, 7) is 3.43. The molecule has 0 fully saturated rings. The van der Waals surface area contributed by atoms with Gasteiger partial charge in [-0.05, 0) is 49.7 Å². The third kappa shape index (κ3) is 3.26. The molecule has 3 amide bonds. The fourth-order valence-corrected chi connectivity index (χ4v) is 3.65. The van der Waals surface area contributed by atoms with E-state index >= 15 is 0 Å². The monoisotopic (exact) mass is 402 g/mol. The maximum atomic E-state index is 14.4. The van der Waals surface area contributed by atoms with Gasteiger partial charge in [0.1, 0.15) is 12.5 Å². The van der Waals surface area contributed by atoms with Crippen LogP contribution < -0.4 is 4.90 Å². The first kappa shape index (κ1) is 19.5. The number of halogens is 1. The van der Waals surface area contributed by atoms with Crippen LogP contribution in [0.15, 0.2) is 66.7 Å². The van der Waals surface area contributed by atoms with Crippen LogP contribution in [0.4, 0.5) is 10.1 Å². The fourth-order valence-electron chi connectivity index (χ4n) is 3.65. The Morgan fingerprint density at radius 3 is 2.10 bits per heavy atom. The van der Waals surface area contributed by atoms with Crippen molar-refractivity contribution >= 4 is 23.4 Å². The van der Waals surface area contributed by atoms with Gasteiger partial charge in [0.25, 0.3) is 17.7 Å². The highest BCUT2D eigenvalue weighted by atomic mass is 19.1. The first-order chi connectivity index (χ1) is 14.4. The molecule has 5 nitrogen and oxygen atoms in total. The molecule has 1 aliphatic rings. The van der Waals surface area contributed by atoms with Crippen LogP contribution in [0.25, 0.3) is 0 Å². The van der Waals surface area contributed by atoms with E-state index in [1.54, 1.807) is 36.4 Å². The number of imide groups is 1. The van der Waals surface area contributed by atoms with E-state index in [1.165, 1.54) is 23.1 Å². The van der Waals surface area contributed by atoms with Crippen LogP contribution in [0.3, 0.4) is 0 Å². The molecule has 3 aromatic carbocycles. The highest BCUT2D eigenvalue weighted by Gasteiger charge is 2.37. The molecule has 0 atom stereocenters. The number of benzene rings is 3. The second-order valence-corrected chi connectivity index (χ2v) is 7.23. The Morgan fingerprint density at radius 2 is 1.50 bits per heavy atom. The van der Waals surface area contributed by atoms with E-state index in [4.69, 9.17) is 0 Å². The van der Waals surface area contributed by atoms with Crippen molar-refractivity contribution in [2.75, 3.05) is 11.6 Å². The third-order valence-electron chi connectivity index (χ3n) is 5.15. The van der Waals surface area contributed by atoms with Crippen LogP contribution in [0.5, 0.6) is 0 Å². The molecule has 30 heavy (non-hydrogen) atoms. The number of hydrogen-bond acceptors (Lipinski definition) is 3. The molecule has 0 N–H and O–H groups in total. The first-order valence-electron chi connectivity index (χ1n) is 9.47. The quantitative estimate of drug-likeness (QED) is 0.610. The number of aryl methyl sites for hydroxylation is 2. The van der Waals surface area contributed by atoms with Crippen molar-refractivity contribution in [3.05, 3.63) is 100 Å². The normalized spacial score (nSPS) is 12.8. The fraction of sp³-hybridized carbons (Fsp3) is 0.125. The smallest absolute Gasteiger partial charge is 0.263 e. The van der Waals surface area contributed by atoms with Gasteiger partial charge < -0.3 is 0 Å². The van der Waals surface area contributed by atoms with E-state index in [0.717, 1.165) is 16.0 Å². The van der Waals surface area contributed by atoms with Crippen LogP contribution in [0.1, 0.15) is 42.2 Å². The van der Waals surface area contributed by atoms with Crippen molar-refractivity contribution in [2.45, 2.75) is 13.8 Å². The van der Waals surface area contributed by atoms with E-state index in [-0.39, 0.29) is 12.2 Å². The van der Waals surface area contributed by atoms with E-state index < -0.39 is 23.5 Å². The van der Waals surface area contributed by atoms with Gasteiger partial charge in [0, 0.05) is 5.69 Å². The maximum Gasteiger partial charge on any atom is 0.263 e. The summed E-state index contributed by atoms with van der Waals surface area (Å²) in [7, 11) is 0. The zero-order valence-electron chi connectivity index (χ0n) is 16.6. The largest absolute Gasteiger partial charge is 0.289 e. The molecule has 0 radical (unpaired) electrons. The van der Waals surface area contributed by atoms with Gasteiger partial charge in [0.05, 0.1) is 16.7 Å². The highest BCUT2D eigenvalue weighted by Crippen LogP contribution is 2.28. The van der Waals surface area contributed by atoms with Crippen molar-refractivity contribution in [1.29, 1.82) is 0 Å². The molecule has 4 rings (SSSR count). The average Bonchev–Trinajstić information content (AvgIpc) is 2.97. The molecule has 0 saturated carbocycles. The van der Waals surface area contributed by atoms with Gasteiger partial charge >= 0.3 is 0 Å². The lowest BCUT2D eigenvalue weighted by Gasteiger charge is -2.28. The van der Waals surface area contributed by atoms with Crippen molar-refractivity contribution in [2.24, 2.45) is 0 Å². The summed E-state index contributed by atoms with van der Waals surface area (Å²) in [5, 5.41) is 0. The molecule has 6 heteroatoms. The number of fused-ring (bicyclic) bond motifs is 1. The van der Waals surface area contributed by atoms with Crippen molar-refractivity contribution < 1.29 is 18.8 Å². The van der Waals surface area contributed by atoms with Crippen molar-refractivity contribution in [3.8, 4) is 0 Å². The standard InChI is InChI=1S/C24H19FN2O3/c1-15-11-12-21(16(2)13-15)26(24(30)19-9-5-6-10-20(19)25)14-27-22(28)17-7-3-4-8-18(17)23(27)29/h3-13H,14H2,1-2H3. The number of carbonyl (C=O) groups is 3. The Bertz CT molecular complexity index is 1150. The zero-order chi connectivity index (χ0) is 21.4. The summed E-state index contributed by atoms with van der Waals surface area (Å²) in [4.78, 5) is 41.3. The zero-order valence-corrected chi connectivity index (χ0v) is 16.6. The minimum atomic E-state index is -0.667. The predicted molar refractivity (Wildman–Crippen MR) is 111 cm³/mol. The maximum absolute atomic E-state index is 14.4. The molecule has 0 bridgehead atoms. The molecule has 3 aromatic rings. The van der Waals surface area contributed by atoms with E-state index in [2.05, 4.69) is 0 Å². The topological polar surface area (TPSA) is 57.7 Å². The second kappa shape index (κ2) is 7.55. The lowest BCUT2D eigenvalue weighted by atomic mass is 10.1. The van der Waals surface area contributed by atoms with Gasteiger partial charge in [0.2, 0.25) is 0 Å². The Morgan fingerprint density at radius 1 is 0.900 bits per heavy atom. The number of nitrogens with zero attached hydrogens (tertiary/aromatic N) is 2. The highest BCUT2D eigenvalue weighted by molar-refractivity contribution is 6.22. The average molecular weight is 402 g/mol. The number of carbonyl (C=O) groups excluding carboxylic acids is 3. The van der Waals surface area contributed by atoms with Gasteiger partial charge in [-0.1, -0.05) is 42.0 Å². The molecule has 150 valence electrons. The molecule has 1 aliphatic heterocycles. The van der Waals surface area contributed by atoms with Crippen molar-refractivity contribution in [3.63, 3.8) is 0 Å². The number of amides is 3. The Balaban J connectivity index is 1.77. The molecule has 0 unspecified atom stereocenters. The molecule has 0 aromatic heterocycles. The van der Waals surface area contributed by atoms with Crippen LogP contribution in [-0.4, -0.2) is 29.3 Å². The SMILES string of the molecule is Cc1ccc(N(CN2C(=O)c3ccccc3C2=O)C(=O)c2ccccc2F)c(C)c1. The number of anilines is 1. The lowest BCUT2D eigenvalue weighted by molar-refractivity contribution is 0.0650. The summed E-state index contributed by atoms with van der Waals surface area (Å²) in [5.41, 5.74) is 2.73. The first-order valence-corrected chi connectivity index (χ1v) is 9.47. The van der Waals surface area contributed by atoms with Gasteiger partial charge in [0.15, 0.2) is 0 Å². The molecule has 1 heterocycles. The van der Waals surface area contributed by atoms with E-state index in [0.29, 0.717) is 16.8 Å². The van der Waals surface area contributed by atoms with Crippen LogP contribution in [0.2, 0.25) is 0 Å². The van der Waals surface area contributed by atoms with Crippen LogP contribution in [-0.2, 0) is 0 Å². The van der Waals surface area contributed by atoms with Crippen LogP contribution in [0, 0.1) is 19.7 Å². The Labute approximate surface area is 173 Å². The predicted octanol–water partition coefficient (Wildman–Crippen LogP) is 4.34. The lowest BCUT2D eigenvalue weighted by Crippen LogP contribution is -2.45. The van der Waals surface area contributed by atoms with E-state index in [9.17, 15) is 18.8 Å². The summed E-state index contributed by atoms with van der Waals surface area (Å²) < 4.78 is 14.4. The van der Waals surface area contributed by atoms with Gasteiger partial charge in [-0.2, -0.15) is 0 Å². The third-order valence-corrected chi connectivity index (χ3v) is 5.15. The van der Waals surface area contributed by atoms with Gasteiger partial charge in [-0.15, -0.1) is 0 Å². The summed E-state index contributed by atoms with van der Waals surface area (Å²) >= 11 is 0. The minimum Gasteiger partial charge on any atom is -0.289 e. The Hall–Kier alpha value is -3.80. The van der Waals surface area contributed by atoms with Crippen molar-refractivity contribution in [1.82, 2.24) is 4.90 Å². The summed E-state index contributed by atoms with van der Waals surface area (Å²) in [6, 6.07) is 17.6. The molecule has 0 saturated heterocycles. The number of hydrogen-bond donors (Lipinski definition) is 0. The Kier molecular flexibility index (Phi) is 4.91. The van der Waals surface area contributed by atoms with E-state index in [1.807, 2.05) is 26.0 Å². The number of rotatable bonds is 4. The summed E-state index contributed by atoms with van der Waals surface area (Å²) in [6.07, 6.45) is 0. The van der Waals surface area contributed by atoms with Gasteiger partial charge in [-0.3, -0.25) is 24.2 Å². The molecule has 0 aliphatic carbocycles. The molecular formula is C24H19FN2O3.